The van der Waals surface area contributed by atoms with Crippen molar-refractivity contribution in [2.24, 2.45) is 17.4 Å². The highest BCUT2D eigenvalue weighted by molar-refractivity contribution is 6.30. The quantitative estimate of drug-likeness (QED) is 0.216. The van der Waals surface area contributed by atoms with E-state index in [1.807, 2.05) is 60.7 Å². The van der Waals surface area contributed by atoms with Gasteiger partial charge in [-0.2, -0.15) is 0 Å². The molecule has 2 heterocycles. The van der Waals surface area contributed by atoms with Gasteiger partial charge in [0.25, 0.3) is 0 Å². The van der Waals surface area contributed by atoms with Crippen LogP contribution in [0, 0.1) is 5.92 Å². The van der Waals surface area contributed by atoms with Crippen molar-refractivity contribution >= 4 is 29.5 Å². The first-order valence-corrected chi connectivity index (χ1v) is 18.0. The molecular formula is C39H50ClN5O5. The highest BCUT2D eigenvalue weighted by Gasteiger charge is 2.41. The number of amides is 3. The number of piperidine rings is 2. The van der Waals surface area contributed by atoms with Crippen LogP contribution in [-0.4, -0.2) is 89.8 Å². The first-order valence-electron chi connectivity index (χ1n) is 17.6. The second-order valence-corrected chi connectivity index (χ2v) is 14.1. The highest BCUT2D eigenvalue weighted by atomic mass is 35.5. The lowest BCUT2D eigenvalue weighted by atomic mass is 9.70. The molecule has 2 fully saturated rings. The van der Waals surface area contributed by atoms with E-state index >= 15 is 0 Å². The summed E-state index contributed by atoms with van der Waals surface area (Å²) in [5.74, 6) is -1.14. The molecule has 3 aromatic rings. The van der Waals surface area contributed by atoms with E-state index in [0.717, 1.165) is 42.7 Å². The molecule has 3 amide bonds. The number of benzene rings is 3. The number of nitrogens with zero attached hydrogens (tertiary/aromatic N) is 3. The predicted molar refractivity (Wildman–Crippen MR) is 194 cm³/mol. The Hall–Kier alpha value is -3.96. The molecule has 0 radical (unpaired) electrons. The van der Waals surface area contributed by atoms with Gasteiger partial charge in [0.15, 0.2) is 0 Å². The van der Waals surface area contributed by atoms with E-state index in [1.165, 1.54) is 4.90 Å². The summed E-state index contributed by atoms with van der Waals surface area (Å²) in [6.07, 6.45) is 2.72. The van der Waals surface area contributed by atoms with Crippen molar-refractivity contribution < 1.29 is 24.2 Å². The molecule has 0 saturated carbocycles. The molecule has 0 aliphatic carbocycles. The average Bonchev–Trinajstić information content (AvgIpc) is 3.12. The molecule has 268 valence electrons. The SMILES string of the molecule is CCOC(=O)CN(CC(CCCN1CCC(O)(c2ccc(Cl)cc2)CC1)(c1ccccc1)c1ccccc1)C(=O)C1CCN(C(N)=O)C(N)C1. The van der Waals surface area contributed by atoms with Crippen LogP contribution >= 0.6 is 11.6 Å². The minimum absolute atomic E-state index is 0.189. The fraction of sp³-hybridized carbons (Fsp3) is 0.462. The number of primary amides is 1. The van der Waals surface area contributed by atoms with Gasteiger partial charge in [-0.1, -0.05) is 84.4 Å². The second kappa shape index (κ2) is 16.8. The minimum Gasteiger partial charge on any atom is -0.465 e. The van der Waals surface area contributed by atoms with Gasteiger partial charge in [0.2, 0.25) is 5.91 Å². The Balaban J connectivity index is 1.40. The van der Waals surface area contributed by atoms with Gasteiger partial charge < -0.3 is 36.0 Å². The van der Waals surface area contributed by atoms with Crippen molar-refractivity contribution in [2.75, 3.05) is 45.9 Å². The molecule has 2 atom stereocenters. The van der Waals surface area contributed by atoms with Crippen molar-refractivity contribution in [1.29, 1.82) is 0 Å². The Morgan fingerprint density at radius 1 is 0.960 bits per heavy atom. The van der Waals surface area contributed by atoms with Crippen molar-refractivity contribution in [1.82, 2.24) is 14.7 Å². The number of nitrogens with two attached hydrogens (primary N) is 2. The third-order valence-electron chi connectivity index (χ3n) is 10.5. The lowest BCUT2D eigenvalue weighted by molar-refractivity contribution is -0.151. The molecule has 0 bridgehead atoms. The van der Waals surface area contributed by atoms with E-state index in [4.69, 9.17) is 27.8 Å². The fourth-order valence-corrected chi connectivity index (χ4v) is 7.81. The number of aliphatic hydroxyl groups is 1. The number of rotatable bonds is 13. The third-order valence-corrected chi connectivity index (χ3v) is 10.7. The molecule has 11 heteroatoms. The van der Waals surface area contributed by atoms with Crippen LogP contribution in [0.3, 0.4) is 0 Å². The Labute approximate surface area is 300 Å². The Morgan fingerprint density at radius 3 is 2.10 bits per heavy atom. The van der Waals surface area contributed by atoms with Crippen LogP contribution in [-0.2, 0) is 25.3 Å². The van der Waals surface area contributed by atoms with E-state index in [-0.39, 0.29) is 38.6 Å². The zero-order valence-corrected chi connectivity index (χ0v) is 29.6. The fourth-order valence-electron chi connectivity index (χ4n) is 7.68. The Kier molecular flexibility index (Phi) is 12.6. The number of hydrogen-bond donors (Lipinski definition) is 3. The standard InChI is InChI=1S/C39H50ClN5O5/c1-2-50-35(46)27-44(36(47)29-18-23-45(37(42)48)34(41)26-29)28-38(30-10-5-3-6-11-30,31-12-7-4-8-13-31)19-9-22-43-24-20-39(49,21-25-43)32-14-16-33(40)17-15-32/h3-8,10-17,29,34,49H,2,9,18-28,41H2,1H3,(H2,42,48). The van der Waals surface area contributed by atoms with Crippen LogP contribution in [0.1, 0.15) is 62.1 Å². The normalized spacial score (nSPS) is 19.5. The molecule has 5 N–H and O–H groups in total. The van der Waals surface area contributed by atoms with Crippen molar-refractivity contribution in [3.63, 3.8) is 0 Å². The monoisotopic (exact) mass is 703 g/mol. The van der Waals surface area contributed by atoms with Gasteiger partial charge in [0.1, 0.15) is 6.54 Å². The zero-order chi connectivity index (χ0) is 35.7. The van der Waals surface area contributed by atoms with Crippen LogP contribution < -0.4 is 11.5 Å². The molecule has 3 aromatic carbocycles. The molecule has 0 aromatic heterocycles. The number of carbonyl (C=O) groups excluding carboxylic acids is 3. The Bertz CT molecular complexity index is 1530. The number of urea groups is 1. The maximum absolute atomic E-state index is 14.4. The van der Waals surface area contributed by atoms with Crippen molar-refractivity contribution in [3.05, 3.63) is 107 Å². The first kappa shape index (κ1) is 37.3. The van der Waals surface area contributed by atoms with Crippen LogP contribution in [0.25, 0.3) is 0 Å². The zero-order valence-electron chi connectivity index (χ0n) is 28.9. The molecular weight excluding hydrogens is 654 g/mol. The molecule has 5 rings (SSSR count). The summed E-state index contributed by atoms with van der Waals surface area (Å²) in [7, 11) is 0. The highest BCUT2D eigenvalue weighted by Crippen LogP contribution is 2.40. The first-order chi connectivity index (χ1) is 24.0. The van der Waals surface area contributed by atoms with E-state index in [1.54, 1.807) is 11.8 Å². The van der Waals surface area contributed by atoms with Gasteiger partial charge in [-0.15, -0.1) is 0 Å². The maximum Gasteiger partial charge on any atom is 0.325 e. The maximum atomic E-state index is 14.4. The summed E-state index contributed by atoms with van der Waals surface area (Å²) < 4.78 is 5.36. The van der Waals surface area contributed by atoms with E-state index < -0.39 is 35.1 Å². The number of likely N-dealkylation sites (tertiary alicyclic amines) is 2. The largest absolute Gasteiger partial charge is 0.465 e. The lowest BCUT2D eigenvalue weighted by Crippen LogP contribution is -2.56. The number of ether oxygens (including phenoxy) is 1. The van der Waals surface area contributed by atoms with E-state index in [2.05, 4.69) is 29.2 Å². The van der Waals surface area contributed by atoms with Gasteiger partial charge in [-0.05, 0) is 80.8 Å². The summed E-state index contributed by atoms with van der Waals surface area (Å²) in [6.45, 7) is 4.58. The molecule has 10 nitrogen and oxygen atoms in total. The number of hydrogen-bond acceptors (Lipinski definition) is 7. The number of esters is 1. The predicted octanol–water partition coefficient (Wildman–Crippen LogP) is 4.86. The van der Waals surface area contributed by atoms with Crippen LogP contribution in [0.2, 0.25) is 5.02 Å². The van der Waals surface area contributed by atoms with Crippen LogP contribution in [0.5, 0.6) is 0 Å². The van der Waals surface area contributed by atoms with Crippen LogP contribution in [0.15, 0.2) is 84.9 Å². The van der Waals surface area contributed by atoms with Crippen molar-refractivity contribution in [3.8, 4) is 0 Å². The molecule has 0 spiro atoms. The van der Waals surface area contributed by atoms with Gasteiger partial charge in [-0.3, -0.25) is 9.59 Å². The molecule has 2 aliphatic rings. The Morgan fingerprint density at radius 2 is 1.56 bits per heavy atom. The van der Waals surface area contributed by atoms with E-state index in [9.17, 15) is 19.5 Å². The van der Waals surface area contributed by atoms with Gasteiger partial charge in [-0.25, -0.2) is 4.79 Å². The molecule has 50 heavy (non-hydrogen) atoms. The summed E-state index contributed by atoms with van der Waals surface area (Å²) in [5.41, 5.74) is 13.3. The van der Waals surface area contributed by atoms with Crippen LogP contribution in [0.4, 0.5) is 4.79 Å². The minimum atomic E-state index is -0.886. The topological polar surface area (TPSA) is 142 Å². The third kappa shape index (κ3) is 8.84. The van der Waals surface area contributed by atoms with Gasteiger partial charge >= 0.3 is 12.0 Å². The van der Waals surface area contributed by atoms with Gasteiger partial charge in [0, 0.05) is 42.5 Å². The van der Waals surface area contributed by atoms with Crippen molar-refractivity contribution in [2.45, 2.75) is 62.6 Å². The van der Waals surface area contributed by atoms with Gasteiger partial charge in [0.05, 0.1) is 18.4 Å². The second-order valence-electron chi connectivity index (χ2n) is 13.6. The molecule has 2 aliphatic heterocycles. The molecule has 2 saturated heterocycles. The number of halogens is 1. The molecule has 2 unspecified atom stereocenters. The smallest absolute Gasteiger partial charge is 0.325 e. The average molecular weight is 704 g/mol. The summed E-state index contributed by atoms with van der Waals surface area (Å²) >= 11 is 6.09. The summed E-state index contributed by atoms with van der Waals surface area (Å²) in [4.78, 5) is 44.8. The van der Waals surface area contributed by atoms with E-state index in [0.29, 0.717) is 30.7 Å². The summed E-state index contributed by atoms with van der Waals surface area (Å²) in [5, 5.41) is 12.1. The number of carbonyl (C=O) groups is 3. The summed E-state index contributed by atoms with van der Waals surface area (Å²) in [6, 6.07) is 27.2. The lowest BCUT2D eigenvalue weighted by Gasteiger charge is -2.43.